The molecule has 2 aromatic rings. The molecule has 1 aliphatic heterocycles. The average Bonchev–Trinajstić information content (AvgIpc) is 2.69. The number of carbonyl (C=O) groups excluding carboxylic acids is 1. The lowest BCUT2D eigenvalue weighted by atomic mass is 10.3. The van der Waals surface area contributed by atoms with Crippen LogP contribution in [0, 0.1) is 0 Å². The molecule has 1 fully saturated rings. The van der Waals surface area contributed by atoms with Gasteiger partial charge in [-0.2, -0.15) is 16.1 Å². The first-order valence-corrected chi connectivity index (χ1v) is 11.4. The van der Waals surface area contributed by atoms with Crippen molar-refractivity contribution in [2.24, 2.45) is 0 Å². The molecule has 0 spiro atoms. The number of hydrogen-bond acceptors (Lipinski definition) is 6. The van der Waals surface area contributed by atoms with Crippen molar-refractivity contribution < 1.29 is 23.2 Å². The van der Waals surface area contributed by atoms with E-state index in [1.54, 1.807) is 47.9 Å². The van der Waals surface area contributed by atoms with Crippen molar-refractivity contribution in [2.75, 3.05) is 18.1 Å². The number of nitrogens with one attached hydrogen (secondary N) is 1. The number of rotatable bonds is 5. The summed E-state index contributed by atoms with van der Waals surface area (Å²) in [6, 6.07) is 12.3. The van der Waals surface area contributed by atoms with E-state index in [1.165, 1.54) is 17.8 Å². The first kappa shape index (κ1) is 20.2. The van der Waals surface area contributed by atoms with Gasteiger partial charge in [-0.25, -0.2) is 13.9 Å². The lowest BCUT2D eigenvalue weighted by Crippen LogP contribution is -2.53. The molecule has 0 radical (unpaired) electrons. The highest BCUT2D eigenvalue weighted by Gasteiger charge is 2.39. The number of ether oxygens (including phenoxy) is 1. The van der Waals surface area contributed by atoms with Crippen molar-refractivity contribution >= 4 is 43.6 Å². The summed E-state index contributed by atoms with van der Waals surface area (Å²) in [6.45, 7) is 0.164. The van der Waals surface area contributed by atoms with Gasteiger partial charge in [-0.1, -0.05) is 28.1 Å². The Morgan fingerprint density at radius 2 is 1.93 bits per heavy atom. The molecule has 2 N–H and O–H groups in total. The van der Waals surface area contributed by atoms with Crippen LogP contribution in [0.4, 0.5) is 0 Å². The molecule has 2 aromatic carbocycles. The number of para-hydroxylation sites is 1. The van der Waals surface area contributed by atoms with Gasteiger partial charge in [0, 0.05) is 22.5 Å². The Morgan fingerprint density at radius 3 is 2.63 bits per heavy atom. The topological polar surface area (TPSA) is 95.9 Å². The highest BCUT2D eigenvalue weighted by atomic mass is 79.9. The van der Waals surface area contributed by atoms with Crippen LogP contribution in [0.25, 0.3) is 0 Å². The van der Waals surface area contributed by atoms with Gasteiger partial charge in [0.1, 0.15) is 22.4 Å². The number of halogens is 1. The molecule has 0 saturated carbocycles. The van der Waals surface area contributed by atoms with Crippen LogP contribution in [-0.4, -0.2) is 47.9 Å². The number of amides is 1. The fraction of sp³-hybridized carbons (Fsp3) is 0.235. The molecular formula is C17H17BrN2O5S2. The number of sulfonamides is 1. The molecule has 0 aliphatic carbocycles. The molecule has 1 amide bonds. The zero-order chi connectivity index (χ0) is 19.4. The zero-order valence-corrected chi connectivity index (χ0v) is 17.3. The van der Waals surface area contributed by atoms with Crippen LogP contribution in [-0.2, 0) is 14.8 Å². The van der Waals surface area contributed by atoms with Crippen molar-refractivity contribution in [1.29, 1.82) is 0 Å². The first-order valence-electron chi connectivity index (χ1n) is 7.99. The second-order valence-electron chi connectivity index (χ2n) is 5.69. The minimum Gasteiger partial charge on any atom is -0.456 e. The van der Waals surface area contributed by atoms with Gasteiger partial charge in [-0.15, -0.1) is 0 Å². The minimum absolute atomic E-state index is 0.0319. The van der Waals surface area contributed by atoms with Gasteiger partial charge >= 0.3 is 0 Å². The average molecular weight is 473 g/mol. The third-order valence-electron chi connectivity index (χ3n) is 3.97. The van der Waals surface area contributed by atoms with E-state index in [0.717, 1.165) is 8.78 Å². The summed E-state index contributed by atoms with van der Waals surface area (Å²) >= 11 is 4.79. The summed E-state index contributed by atoms with van der Waals surface area (Å²) in [4.78, 5) is 11.9. The molecule has 3 rings (SSSR count). The minimum atomic E-state index is -4.01. The van der Waals surface area contributed by atoms with Crippen LogP contribution in [0.5, 0.6) is 11.5 Å². The summed E-state index contributed by atoms with van der Waals surface area (Å²) in [5.41, 5.74) is 1.55. The fourth-order valence-corrected chi connectivity index (χ4v) is 5.89. The Hall–Kier alpha value is -1.59. The molecule has 1 heterocycles. The van der Waals surface area contributed by atoms with Gasteiger partial charge < -0.3 is 4.74 Å². The predicted octanol–water partition coefficient (Wildman–Crippen LogP) is 2.85. The lowest BCUT2D eigenvalue weighted by molar-refractivity contribution is -0.132. The third-order valence-corrected chi connectivity index (χ3v) is 7.47. The van der Waals surface area contributed by atoms with E-state index in [-0.39, 0.29) is 22.9 Å². The quantitative estimate of drug-likeness (QED) is 0.512. The highest BCUT2D eigenvalue weighted by Crippen LogP contribution is 2.33. The molecule has 0 aromatic heterocycles. The maximum Gasteiger partial charge on any atom is 0.262 e. The molecule has 1 saturated heterocycles. The SMILES string of the molecule is O=C(NO)C1CSCCN1S(=O)(=O)c1ccccc1Oc1ccc(Br)cc1. The Balaban J connectivity index is 1.96. The Kier molecular flexibility index (Phi) is 6.43. The number of hydrogen-bond donors (Lipinski definition) is 2. The second kappa shape index (κ2) is 8.61. The monoisotopic (exact) mass is 472 g/mol. The molecule has 7 nitrogen and oxygen atoms in total. The summed E-state index contributed by atoms with van der Waals surface area (Å²) < 4.78 is 34.3. The van der Waals surface area contributed by atoms with Crippen LogP contribution < -0.4 is 10.2 Å². The van der Waals surface area contributed by atoms with E-state index in [1.807, 2.05) is 0 Å². The van der Waals surface area contributed by atoms with E-state index in [9.17, 15) is 13.2 Å². The van der Waals surface area contributed by atoms with Gasteiger partial charge in [-0.05, 0) is 36.4 Å². The van der Waals surface area contributed by atoms with Gasteiger partial charge in [-0.3, -0.25) is 10.0 Å². The van der Waals surface area contributed by atoms with E-state index in [4.69, 9.17) is 9.94 Å². The van der Waals surface area contributed by atoms with Crippen molar-refractivity contribution in [3.63, 3.8) is 0 Å². The number of carbonyl (C=O) groups is 1. The maximum absolute atomic E-state index is 13.3. The number of benzene rings is 2. The number of hydroxylamine groups is 1. The number of nitrogens with zero attached hydrogens (tertiary/aromatic N) is 1. The summed E-state index contributed by atoms with van der Waals surface area (Å²) in [7, 11) is -4.01. The van der Waals surface area contributed by atoms with Gasteiger partial charge in [0.2, 0.25) is 10.0 Å². The maximum atomic E-state index is 13.3. The molecule has 10 heteroatoms. The smallest absolute Gasteiger partial charge is 0.262 e. The Bertz CT molecular complexity index is 921. The molecule has 144 valence electrons. The van der Waals surface area contributed by atoms with Gasteiger partial charge in [0.25, 0.3) is 5.91 Å². The standard InChI is InChI=1S/C17H17BrN2O5S2/c18-12-5-7-13(8-6-12)25-15-3-1-2-4-16(15)27(23,24)20-9-10-26-11-14(20)17(21)19-22/h1-8,14,22H,9-11H2,(H,19,21). The van der Waals surface area contributed by atoms with Crippen molar-refractivity contribution in [1.82, 2.24) is 9.79 Å². The fourth-order valence-electron chi connectivity index (χ4n) is 2.66. The lowest BCUT2D eigenvalue weighted by Gasteiger charge is -2.33. The molecule has 1 unspecified atom stereocenters. The Morgan fingerprint density at radius 1 is 1.22 bits per heavy atom. The molecule has 1 atom stereocenters. The van der Waals surface area contributed by atoms with Crippen molar-refractivity contribution in [3.8, 4) is 11.5 Å². The van der Waals surface area contributed by atoms with E-state index in [2.05, 4.69) is 15.9 Å². The summed E-state index contributed by atoms with van der Waals surface area (Å²) in [5, 5.41) is 8.95. The molecular weight excluding hydrogens is 456 g/mol. The van der Waals surface area contributed by atoms with Gasteiger partial charge in [0.15, 0.2) is 0 Å². The van der Waals surface area contributed by atoms with Crippen LogP contribution in [0.2, 0.25) is 0 Å². The highest BCUT2D eigenvalue weighted by molar-refractivity contribution is 9.10. The predicted molar refractivity (Wildman–Crippen MR) is 106 cm³/mol. The second-order valence-corrected chi connectivity index (χ2v) is 9.61. The number of thioether (sulfide) groups is 1. The molecule has 0 bridgehead atoms. The normalized spacial score (nSPS) is 18.1. The molecule has 1 aliphatic rings. The summed E-state index contributed by atoms with van der Waals surface area (Å²) in [6.07, 6.45) is 0. The van der Waals surface area contributed by atoms with Crippen LogP contribution in [0.3, 0.4) is 0 Å². The largest absolute Gasteiger partial charge is 0.456 e. The first-order chi connectivity index (χ1) is 12.9. The summed E-state index contributed by atoms with van der Waals surface area (Å²) in [5.74, 6) is 0.726. The van der Waals surface area contributed by atoms with E-state index < -0.39 is 22.0 Å². The van der Waals surface area contributed by atoms with Crippen molar-refractivity contribution in [2.45, 2.75) is 10.9 Å². The van der Waals surface area contributed by atoms with Crippen LogP contribution in [0.1, 0.15) is 0 Å². The molecule has 27 heavy (non-hydrogen) atoms. The van der Waals surface area contributed by atoms with Crippen LogP contribution in [0.15, 0.2) is 57.9 Å². The zero-order valence-electron chi connectivity index (χ0n) is 14.0. The van der Waals surface area contributed by atoms with Gasteiger partial charge in [0.05, 0.1) is 0 Å². The van der Waals surface area contributed by atoms with E-state index in [0.29, 0.717) is 11.5 Å². The van der Waals surface area contributed by atoms with E-state index >= 15 is 0 Å². The Labute approximate surface area is 169 Å². The van der Waals surface area contributed by atoms with Crippen LogP contribution >= 0.6 is 27.7 Å². The van der Waals surface area contributed by atoms with Crippen molar-refractivity contribution in [3.05, 3.63) is 53.0 Å². The third kappa shape index (κ3) is 4.46.